The Balaban J connectivity index is 1.92. The van der Waals surface area contributed by atoms with Gasteiger partial charge in [0, 0.05) is 0 Å². The molecule has 16 heavy (non-hydrogen) atoms. The van der Waals surface area contributed by atoms with Gasteiger partial charge in [-0.05, 0) is 45.4 Å². The highest BCUT2D eigenvalue weighted by atomic mass is 16.5. The Morgan fingerprint density at radius 2 is 2.06 bits per heavy atom. The molecule has 2 atom stereocenters. The Hall–Kier alpha value is -0.550. The number of ether oxygens (including phenoxy) is 1. The van der Waals surface area contributed by atoms with Crippen LogP contribution in [0.1, 0.15) is 65.2 Å². The van der Waals surface area contributed by atoms with E-state index in [-0.39, 0.29) is 11.0 Å². The Morgan fingerprint density at radius 3 is 2.62 bits per heavy atom. The van der Waals surface area contributed by atoms with E-state index in [0.29, 0.717) is 6.10 Å². The third kappa shape index (κ3) is 2.25. The molecule has 2 fully saturated rings. The van der Waals surface area contributed by atoms with Gasteiger partial charge in [0.15, 0.2) is 0 Å². The molecule has 90 valence electrons. The molecule has 2 heteroatoms. The molecule has 2 nitrogen and oxygen atoms in total. The Kier molecular flexibility index (Phi) is 3.26. The standard InChI is InChI=1S/C14H23NO/c1-3-13(2,11-15)10-12-6-9-14(16-12)7-4-5-8-14/h12H,3-10H2,1-2H3. The number of hydrogen-bond donors (Lipinski definition) is 0. The van der Waals surface area contributed by atoms with Crippen molar-refractivity contribution in [1.82, 2.24) is 0 Å². The van der Waals surface area contributed by atoms with Crippen LogP contribution < -0.4 is 0 Å². The molecular formula is C14H23NO. The third-order valence-corrected chi connectivity index (χ3v) is 4.58. The van der Waals surface area contributed by atoms with Gasteiger partial charge >= 0.3 is 0 Å². The molecule has 0 radical (unpaired) electrons. The summed E-state index contributed by atoms with van der Waals surface area (Å²) in [5.41, 5.74) is 0.0313. The molecule has 1 aliphatic heterocycles. The molecule has 0 N–H and O–H groups in total. The van der Waals surface area contributed by atoms with Gasteiger partial charge in [-0.3, -0.25) is 0 Å². The van der Waals surface area contributed by atoms with Crippen molar-refractivity contribution in [3.8, 4) is 6.07 Å². The molecule has 0 aromatic rings. The molecule has 1 saturated heterocycles. The first kappa shape index (κ1) is 11.9. The lowest BCUT2D eigenvalue weighted by molar-refractivity contribution is -0.0478. The van der Waals surface area contributed by atoms with Crippen molar-refractivity contribution in [2.75, 3.05) is 0 Å². The molecule has 0 aromatic carbocycles. The molecule has 2 unspecified atom stereocenters. The first-order valence-corrected chi connectivity index (χ1v) is 6.70. The van der Waals surface area contributed by atoms with Crippen molar-refractivity contribution in [1.29, 1.82) is 5.26 Å². The number of nitrogens with zero attached hydrogens (tertiary/aromatic N) is 1. The lowest BCUT2D eigenvalue weighted by Gasteiger charge is -2.27. The lowest BCUT2D eigenvalue weighted by atomic mass is 9.83. The largest absolute Gasteiger partial charge is 0.372 e. The molecule has 2 rings (SSSR count). The van der Waals surface area contributed by atoms with Gasteiger partial charge in [-0.1, -0.05) is 19.8 Å². The maximum absolute atomic E-state index is 9.20. The van der Waals surface area contributed by atoms with Crippen LogP contribution in [0.2, 0.25) is 0 Å². The summed E-state index contributed by atoms with van der Waals surface area (Å²) in [6.45, 7) is 4.17. The van der Waals surface area contributed by atoms with Gasteiger partial charge in [-0.2, -0.15) is 5.26 Å². The number of nitriles is 1. The van der Waals surface area contributed by atoms with Crippen LogP contribution in [-0.4, -0.2) is 11.7 Å². The fraction of sp³-hybridized carbons (Fsp3) is 0.929. The lowest BCUT2D eigenvalue weighted by Crippen LogP contribution is -2.27. The summed E-state index contributed by atoms with van der Waals surface area (Å²) in [7, 11) is 0. The fourth-order valence-electron chi connectivity index (χ4n) is 3.20. The quantitative estimate of drug-likeness (QED) is 0.726. The van der Waals surface area contributed by atoms with Crippen molar-refractivity contribution in [3.63, 3.8) is 0 Å². The van der Waals surface area contributed by atoms with Crippen LogP contribution >= 0.6 is 0 Å². The van der Waals surface area contributed by atoms with E-state index < -0.39 is 0 Å². The van der Waals surface area contributed by atoms with Gasteiger partial charge in [-0.25, -0.2) is 0 Å². The van der Waals surface area contributed by atoms with E-state index in [1.807, 2.05) is 0 Å². The number of hydrogen-bond acceptors (Lipinski definition) is 2. The Labute approximate surface area is 99.0 Å². The predicted molar refractivity (Wildman–Crippen MR) is 63.9 cm³/mol. The van der Waals surface area contributed by atoms with E-state index in [4.69, 9.17) is 4.74 Å². The van der Waals surface area contributed by atoms with E-state index >= 15 is 0 Å². The molecule has 0 aromatic heterocycles. The van der Waals surface area contributed by atoms with Crippen LogP contribution in [0.25, 0.3) is 0 Å². The van der Waals surface area contributed by atoms with Gasteiger partial charge in [0.05, 0.1) is 23.2 Å². The summed E-state index contributed by atoms with van der Waals surface area (Å²) < 4.78 is 6.26. The zero-order chi connectivity index (χ0) is 11.6. The fourth-order valence-corrected chi connectivity index (χ4v) is 3.20. The predicted octanol–water partition coefficient (Wildman–Crippen LogP) is 3.81. The van der Waals surface area contributed by atoms with Gasteiger partial charge in [0.1, 0.15) is 0 Å². The third-order valence-electron chi connectivity index (χ3n) is 4.58. The summed E-state index contributed by atoms with van der Waals surface area (Å²) >= 11 is 0. The second-order valence-electron chi connectivity index (χ2n) is 5.90. The zero-order valence-corrected chi connectivity index (χ0v) is 10.6. The van der Waals surface area contributed by atoms with E-state index in [0.717, 1.165) is 19.3 Å². The van der Waals surface area contributed by atoms with Crippen LogP contribution in [0.4, 0.5) is 0 Å². The Bertz CT molecular complexity index is 288. The SMILES string of the molecule is CCC(C)(C#N)CC1CCC2(CCCC2)O1. The average molecular weight is 221 g/mol. The highest BCUT2D eigenvalue weighted by molar-refractivity contribution is 5.00. The van der Waals surface area contributed by atoms with Gasteiger partial charge in [-0.15, -0.1) is 0 Å². The summed E-state index contributed by atoms with van der Waals surface area (Å²) in [6, 6.07) is 2.45. The number of rotatable bonds is 3. The minimum atomic E-state index is -0.186. The minimum absolute atomic E-state index is 0.186. The minimum Gasteiger partial charge on any atom is -0.372 e. The normalized spacial score (nSPS) is 31.4. The van der Waals surface area contributed by atoms with E-state index in [1.165, 1.54) is 32.1 Å². The molecule has 0 bridgehead atoms. The Morgan fingerprint density at radius 1 is 1.38 bits per heavy atom. The van der Waals surface area contributed by atoms with Crippen LogP contribution in [-0.2, 0) is 4.74 Å². The second-order valence-corrected chi connectivity index (χ2v) is 5.90. The average Bonchev–Trinajstić information content (AvgIpc) is 2.90. The van der Waals surface area contributed by atoms with Crippen LogP contribution in [0.5, 0.6) is 0 Å². The molecule has 1 spiro atoms. The van der Waals surface area contributed by atoms with E-state index in [1.54, 1.807) is 0 Å². The first-order valence-electron chi connectivity index (χ1n) is 6.70. The molecular weight excluding hydrogens is 198 g/mol. The maximum atomic E-state index is 9.20. The van der Waals surface area contributed by atoms with Crippen LogP contribution in [0, 0.1) is 16.7 Å². The van der Waals surface area contributed by atoms with Gasteiger partial charge < -0.3 is 4.74 Å². The second kappa shape index (κ2) is 4.37. The van der Waals surface area contributed by atoms with Crippen molar-refractivity contribution in [2.45, 2.75) is 76.9 Å². The van der Waals surface area contributed by atoms with Gasteiger partial charge in [0.25, 0.3) is 0 Å². The first-order chi connectivity index (χ1) is 7.61. The summed E-state index contributed by atoms with van der Waals surface area (Å²) in [5, 5.41) is 9.20. The van der Waals surface area contributed by atoms with Gasteiger partial charge in [0.2, 0.25) is 0 Å². The molecule has 0 amide bonds. The van der Waals surface area contributed by atoms with E-state index in [9.17, 15) is 5.26 Å². The summed E-state index contributed by atoms with van der Waals surface area (Å²) in [6.07, 6.45) is 9.73. The van der Waals surface area contributed by atoms with Crippen molar-refractivity contribution in [3.05, 3.63) is 0 Å². The monoisotopic (exact) mass is 221 g/mol. The van der Waals surface area contributed by atoms with Crippen molar-refractivity contribution >= 4 is 0 Å². The summed E-state index contributed by atoms with van der Waals surface area (Å²) in [5.74, 6) is 0. The highest BCUT2D eigenvalue weighted by Crippen LogP contribution is 2.45. The maximum Gasteiger partial charge on any atom is 0.0687 e. The summed E-state index contributed by atoms with van der Waals surface area (Å²) in [4.78, 5) is 0. The molecule has 1 saturated carbocycles. The van der Waals surface area contributed by atoms with Crippen LogP contribution in [0.3, 0.4) is 0 Å². The molecule has 2 aliphatic rings. The zero-order valence-electron chi connectivity index (χ0n) is 10.6. The van der Waals surface area contributed by atoms with Crippen molar-refractivity contribution < 1.29 is 4.74 Å². The van der Waals surface area contributed by atoms with Crippen LogP contribution in [0.15, 0.2) is 0 Å². The topological polar surface area (TPSA) is 33.0 Å². The molecule has 1 aliphatic carbocycles. The molecule has 1 heterocycles. The highest BCUT2D eigenvalue weighted by Gasteiger charge is 2.43. The smallest absolute Gasteiger partial charge is 0.0687 e. The van der Waals surface area contributed by atoms with E-state index in [2.05, 4.69) is 19.9 Å². The van der Waals surface area contributed by atoms with Crippen molar-refractivity contribution in [2.24, 2.45) is 5.41 Å².